The van der Waals surface area contributed by atoms with Crippen LogP contribution < -0.4 is 15.8 Å². The first-order valence-electron chi connectivity index (χ1n) is 7.79. The molecule has 2 saturated heterocycles. The standard InChI is InChI=1S/C15H24N4O2/c1-11-13(5-9-21-11)17-12-4-3-7-19(10-12)14-15(20)18(2)8-6-16-14/h6,8,11-13,17H,3-5,7,9-10H2,1-2H3/t11-,12-,13+/m0/s1. The number of aryl methyl sites for hydroxylation is 1. The molecule has 0 radical (unpaired) electrons. The molecule has 0 bridgehead atoms. The fourth-order valence-corrected chi connectivity index (χ4v) is 3.26. The van der Waals surface area contributed by atoms with Gasteiger partial charge in [0.05, 0.1) is 6.10 Å². The first-order chi connectivity index (χ1) is 10.1. The Morgan fingerprint density at radius 1 is 1.43 bits per heavy atom. The predicted molar refractivity (Wildman–Crippen MR) is 81.7 cm³/mol. The summed E-state index contributed by atoms with van der Waals surface area (Å²) in [5.74, 6) is 0.572. The molecule has 0 unspecified atom stereocenters. The van der Waals surface area contributed by atoms with Gasteiger partial charge in [-0.3, -0.25) is 4.79 Å². The molecule has 6 heteroatoms. The lowest BCUT2D eigenvalue weighted by Crippen LogP contribution is -2.52. The van der Waals surface area contributed by atoms with E-state index in [1.165, 1.54) is 0 Å². The molecule has 2 aliphatic heterocycles. The topological polar surface area (TPSA) is 59.4 Å². The van der Waals surface area contributed by atoms with E-state index < -0.39 is 0 Å². The Balaban J connectivity index is 1.68. The minimum Gasteiger partial charge on any atom is -0.377 e. The summed E-state index contributed by atoms with van der Waals surface area (Å²) in [6.07, 6.45) is 6.97. The SMILES string of the molecule is C[C@@H]1OCC[C@H]1N[C@H]1CCCN(c2nccn(C)c2=O)C1. The molecule has 21 heavy (non-hydrogen) atoms. The Morgan fingerprint density at radius 3 is 3.05 bits per heavy atom. The molecule has 3 atom stereocenters. The highest BCUT2D eigenvalue weighted by molar-refractivity contribution is 5.36. The van der Waals surface area contributed by atoms with Gasteiger partial charge in [0, 0.05) is 51.2 Å². The molecule has 1 aromatic rings. The smallest absolute Gasteiger partial charge is 0.293 e. The quantitative estimate of drug-likeness (QED) is 0.880. The maximum Gasteiger partial charge on any atom is 0.293 e. The zero-order valence-electron chi connectivity index (χ0n) is 12.8. The van der Waals surface area contributed by atoms with E-state index in [4.69, 9.17) is 4.74 Å². The average molecular weight is 292 g/mol. The van der Waals surface area contributed by atoms with Crippen LogP contribution in [0.15, 0.2) is 17.2 Å². The van der Waals surface area contributed by atoms with Crippen molar-refractivity contribution in [2.24, 2.45) is 7.05 Å². The molecular weight excluding hydrogens is 268 g/mol. The van der Waals surface area contributed by atoms with E-state index in [0.717, 1.165) is 39.0 Å². The number of anilines is 1. The molecule has 0 aliphatic carbocycles. The van der Waals surface area contributed by atoms with Crippen molar-refractivity contribution in [2.75, 3.05) is 24.6 Å². The highest BCUT2D eigenvalue weighted by Crippen LogP contribution is 2.18. The van der Waals surface area contributed by atoms with Crippen molar-refractivity contribution >= 4 is 5.82 Å². The van der Waals surface area contributed by atoms with Crippen molar-refractivity contribution in [2.45, 2.75) is 44.4 Å². The molecule has 0 aromatic carbocycles. The van der Waals surface area contributed by atoms with Gasteiger partial charge in [-0.15, -0.1) is 0 Å². The second kappa shape index (κ2) is 6.15. The molecule has 3 rings (SSSR count). The van der Waals surface area contributed by atoms with Crippen molar-refractivity contribution in [3.05, 3.63) is 22.7 Å². The van der Waals surface area contributed by atoms with E-state index in [9.17, 15) is 4.79 Å². The Labute approximate surface area is 125 Å². The number of hydrogen-bond donors (Lipinski definition) is 1. The zero-order valence-corrected chi connectivity index (χ0v) is 12.8. The molecule has 116 valence electrons. The van der Waals surface area contributed by atoms with Crippen LogP contribution in [0.1, 0.15) is 26.2 Å². The summed E-state index contributed by atoms with van der Waals surface area (Å²) in [6.45, 7) is 4.71. The Morgan fingerprint density at radius 2 is 2.29 bits per heavy atom. The van der Waals surface area contributed by atoms with Crippen molar-refractivity contribution in [1.82, 2.24) is 14.9 Å². The molecule has 2 aliphatic rings. The molecule has 0 amide bonds. The monoisotopic (exact) mass is 292 g/mol. The second-order valence-corrected chi connectivity index (χ2v) is 6.09. The average Bonchev–Trinajstić information content (AvgIpc) is 2.88. The molecule has 1 aromatic heterocycles. The summed E-state index contributed by atoms with van der Waals surface area (Å²) < 4.78 is 7.20. The van der Waals surface area contributed by atoms with Gasteiger partial charge in [-0.05, 0) is 26.2 Å². The van der Waals surface area contributed by atoms with Crippen LogP contribution in [0, 0.1) is 0 Å². The number of ether oxygens (including phenoxy) is 1. The van der Waals surface area contributed by atoms with E-state index in [1.54, 1.807) is 24.0 Å². The highest BCUT2D eigenvalue weighted by Gasteiger charge is 2.29. The molecule has 2 fully saturated rings. The summed E-state index contributed by atoms with van der Waals surface area (Å²) in [5, 5.41) is 3.70. The summed E-state index contributed by atoms with van der Waals surface area (Å²) >= 11 is 0. The van der Waals surface area contributed by atoms with Gasteiger partial charge in [0.25, 0.3) is 5.56 Å². The largest absolute Gasteiger partial charge is 0.377 e. The third-order valence-electron chi connectivity index (χ3n) is 4.55. The third kappa shape index (κ3) is 3.11. The van der Waals surface area contributed by atoms with E-state index >= 15 is 0 Å². The van der Waals surface area contributed by atoms with Crippen molar-refractivity contribution in [3.8, 4) is 0 Å². The van der Waals surface area contributed by atoms with Crippen LogP contribution in [-0.4, -0.2) is 47.4 Å². The minimum atomic E-state index is -0.0179. The Bertz CT molecular complexity index is 545. The third-order valence-corrected chi connectivity index (χ3v) is 4.55. The summed E-state index contributed by atoms with van der Waals surface area (Å²) in [4.78, 5) is 18.6. The zero-order chi connectivity index (χ0) is 14.8. The lowest BCUT2D eigenvalue weighted by molar-refractivity contribution is 0.110. The molecule has 0 saturated carbocycles. The minimum absolute atomic E-state index is 0.0179. The fraction of sp³-hybridized carbons (Fsp3) is 0.733. The van der Waals surface area contributed by atoms with E-state index in [2.05, 4.69) is 22.1 Å². The molecule has 6 nitrogen and oxygen atoms in total. The van der Waals surface area contributed by atoms with Crippen LogP contribution in [0.4, 0.5) is 5.82 Å². The number of nitrogens with zero attached hydrogens (tertiary/aromatic N) is 3. The van der Waals surface area contributed by atoms with Gasteiger partial charge in [0.1, 0.15) is 0 Å². The number of hydrogen-bond acceptors (Lipinski definition) is 5. The fourth-order valence-electron chi connectivity index (χ4n) is 3.26. The second-order valence-electron chi connectivity index (χ2n) is 6.09. The molecule has 3 heterocycles. The summed E-state index contributed by atoms with van der Waals surface area (Å²) in [5.41, 5.74) is -0.0179. The summed E-state index contributed by atoms with van der Waals surface area (Å²) in [6, 6.07) is 0.834. The van der Waals surface area contributed by atoms with Gasteiger partial charge < -0.3 is 19.5 Å². The number of piperidine rings is 1. The lowest BCUT2D eigenvalue weighted by Gasteiger charge is -2.35. The first kappa shape index (κ1) is 14.5. The van der Waals surface area contributed by atoms with Gasteiger partial charge in [0.2, 0.25) is 0 Å². The summed E-state index contributed by atoms with van der Waals surface area (Å²) in [7, 11) is 1.77. The van der Waals surface area contributed by atoms with Crippen LogP contribution in [0.2, 0.25) is 0 Å². The number of rotatable bonds is 3. The maximum atomic E-state index is 12.2. The molecule has 0 spiro atoms. The van der Waals surface area contributed by atoms with Crippen LogP contribution in [0.25, 0.3) is 0 Å². The van der Waals surface area contributed by atoms with Gasteiger partial charge in [-0.2, -0.15) is 0 Å². The Hall–Kier alpha value is -1.40. The maximum absolute atomic E-state index is 12.2. The Kier molecular flexibility index (Phi) is 4.26. The van der Waals surface area contributed by atoms with Gasteiger partial charge >= 0.3 is 0 Å². The highest BCUT2D eigenvalue weighted by atomic mass is 16.5. The van der Waals surface area contributed by atoms with E-state index in [0.29, 0.717) is 17.9 Å². The van der Waals surface area contributed by atoms with Crippen LogP contribution in [-0.2, 0) is 11.8 Å². The van der Waals surface area contributed by atoms with Crippen LogP contribution >= 0.6 is 0 Å². The lowest BCUT2D eigenvalue weighted by atomic mass is 10.0. The van der Waals surface area contributed by atoms with Crippen LogP contribution in [0.5, 0.6) is 0 Å². The van der Waals surface area contributed by atoms with Gasteiger partial charge in [-0.1, -0.05) is 0 Å². The van der Waals surface area contributed by atoms with Crippen LogP contribution in [0.3, 0.4) is 0 Å². The van der Waals surface area contributed by atoms with E-state index in [-0.39, 0.29) is 11.7 Å². The van der Waals surface area contributed by atoms with Crippen molar-refractivity contribution < 1.29 is 4.74 Å². The van der Waals surface area contributed by atoms with Crippen molar-refractivity contribution in [1.29, 1.82) is 0 Å². The molecule has 1 N–H and O–H groups in total. The number of aromatic nitrogens is 2. The van der Waals surface area contributed by atoms with Crippen molar-refractivity contribution in [3.63, 3.8) is 0 Å². The predicted octanol–water partition coefficient (Wildman–Crippen LogP) is 0.516. The molecular formula is C15H24N4O2. The van der Waals surface area contributed by atoms with E-state index in [1.807, 2.05) is 0 Å². The number of nitrogens with one attached hydrogen (secondary N) is 1. The van der Waals surface area contributed by atoms with Gasteiger partial charge in [-0.25, -0.2) is 4.98 Å². The van der Waals surface area contributed by atoms with Gasteiger partial charge in [0.15, 0.2) is 5.82 Å². The first-order valence-corrected chi connectivity index (χ1v) is 7.79. The normalized spacial score (nSPS) is 29.8.